The summed E-state index contributed by atoms with van der Waals surface area (Å²) in [5.74, 6) is -0.836. The average Bonchev–Trinajstić information content (AvgIpc) is 2.95. The molecule has 1 aliphatic carbocycles. The maximum Gasteiger partial charge on any atom is 0.332 e. The van der Waals surface area contributed by atoms with Crippen LogP contribution in [0.2, 0.25) is 0 Å². The van der Waals surface area contributed by atoms with Crippen LogP contribution in [0.4, 0.5) is 11.4 Å². The summed E-state index contributed by atoms with van der Waals surface area (Å²) in [5.41, 5.74) is 12.3. The fraction of sp³-hybridized carbons (Fsp3) is 0.278. The van der Waals surface area contributed by atoms with E-state index in [1.165, 1.54) is 11.1 Å². The second-order valence-electron chi connectivity index (χ2n) is 10.7. The fourth-order valence-corrected chi connectivity index (χ4v) is 5.18. The van der Waals surface area contributed by atoms with E-state index < -0.39 is 5.97 Å². The molecule has 0 amide bonds. The molecule has 206 valence electrons. The maximum atomic E-state index is 11.8. The van der Waals surface area contributed by atoms with Crippen LogP contribution < -0.4 is 4.90 Å². The van der Waals surface area contributed by atoms with Crippen LogP contribution >= 0.6 is 0 Å². The number of rotatable bonds is 10. The molecule has 0 aliphatic heterocycles. The number of para-hydroxylation sites is 1. The van der Waals surface area contributed by atoms with Crippen molar-refractivity contribution in [2.24, 2.45) is 4.99 Å². The van der Waals surface area contributed by atoms with Gasteiger partial charge in [0.1, 0.15) is 0 Å². The number of carbonyl (C=O) groups is 1. The highest BCUT2D eigenvalue weighted by Crippen LogP contribution is 2.33. The van der Waals surface area contributed by atoms with E-state index in [4.69, 9.17) is 4.99 Å². The molecule has 0 fully saturated rings. The molecule has 4 rings (SSSR count). The van der Waals surface area contributed by atoms with Gasteiger partial charge in [0.05, 0.1) is 5.69 Å². The van der Waals surface area contributed by atoms with Crippen molar-refractivity contribution < 1.29 is 9.90 Å². The van der Waals surface area contributed by atoms with Gasteiger partial charge in [-0.2, -0.15) is 0 Å². The number of anilines is 1. The molecular weight excluding hydrogens is 492 g/mol. The summed E-state index contributed by atoms with van der Waals surface area (Å²) >= 11 is 0. The summed E-state index contributed by atoms with van der Waals surface area (Å²) in [6.07, 6.45) is 7.24. The average molecular weight is 533 g/mol. The van der Waals surface area contributed by atoms with Gasteiger partial charge < -0.3 is 10.0 Å². The van der Waals surface area contributed by atoms with E-state index in [2.05, 4.69) is 88.6 Å². The summed E-state index contributed by atoms with van der Waals surface area (Å²) < 4.78 is 0. The van der Waals surface area contributed by atoms with Gasteiger partial charge in [-0.15, -0.1) is 0 Å². The molecule has 0 saturated heterocycles. The van der Waals surface area contributed by atoms with E-state index in [0.717, 1.165) is 69.9 Å². The van der Waals surface area contributed by atoms with E-state index in [1.807, 2.05) is 30.3 Å². The quantitative estimate of drug-likeness (QED) is 0.265. The number of carboxylic acid groups (broad SMARTS) is 1. The Morgan fingerprint density at radius 3 is 2.42 bits per heavy atom. The first-order valence-electron chi connectivity index (χ1n) is 14.1. The highest BCUT2D eigenvalue weighted by Gasteiger charge is 2.19. The first kappa shape index (κ1) is 28.8. The van der Waals surface area contributed by atoms with E-state index in [-0.39, 0.29) is 0 Å². The van der Waals surface area contributed by atoms with E-state index in [9.17, 15) is 9.90 Å². The Morgan fingerprint density at radius 2 is 1.75 bits per heavy atom. The molecule has 40 heavy (non-hydrogen) atoms. The molecular formula is C36H40N2O2. The summed E-state index contributed by atoms with van der Waals surface area (Å²) in [6, 6.07) is 21.0. The minimum absolute atomic E-state index is 0.485. The second kappa shape index (κ2) is 12.8. The first-order valence-corrected chi connectivity index (χ1v) is 14.1. The zero-order chi connectivity index (χ0) is 28.8. The topological polar surface area (TPSA) is 52.9 Å². The predicted octanol–water partition coefficient (Wildman–Crippen LogP) is 9.26. The van der Waals surface area contributed by atoms with Gasteiger partial charge >= 0.3 is 5.97 Å². The van der Waals surface area contributed by atoms with Crippen LogP contribution in [-0.4, -0.2) is 16.8 Å². The highest BCUT2D eigenvalue weighted by molar-refractivity contribution is 6.02. The summed E-state index contributed by atoms with van der Waals surface area (Å²) in [7, 11) is 0. The van der Waals surface area contributed by atoms with Crippen molar-refractivity contribution in [3.63, 3.8) is 0 Å². The second-order valence-corrected chi connectivity index (χ2v) is 10.7. The Hall–Kier alpha value is -4.18. The number of aliphatic carboxylic acids is 1. The molecule has 0 radical (unpaired) electrons. The lowest BCUT2D eigenvalue weighted by Crippen LogP contribution is -2.23. The molecule has 1 aliphatic rings. The molecule has 4 nitrogen and oxygen atoms in total. The number of aliphatic imine (C=N–C) groups is 1. The Morgan fingerprint density at radius 1 is 1.02 bits per heavy atom. The largest absolute Gasteiger partial charge is 0.478 e. The molecule has 0 spiro atoms. The monoisotopic (exact) mass is 532 g/mol. The molecule has 0 bridgehead atoms. The predicted molar refractivity (Wildman–Crippen MR) is 169 cm³/mol. The summed E-state index contributed by atoms with van der Waals surface area (Å²) in [4.78, 5) is 19.1. The minimum atomic E-state index is -0.836. The maximum absolute atomic E-state index is 11.8. The lowest BCUT2D eigenvalue weighted by molar-refractivity contribution is -0.132. The standard InChI is InChI=1S/C36H40N2O2/c1-7-12-26(4)38(23-29-17-19-30(20-18-29)32-14-9-10-15-33(32)36(39)40)35-22-31(21-25(3)27(35)5)28(6)37-34-16-11-8-13-24(34)2/h8-9,11,13-14,16-22H,4,7,10,12,15,23H2,1-3,5-6H3,(H,39,40). The van der Waals surface area contributed by atoms with Crippen molar-refractivity contribution in [3.8, 4) is 0 Å². The highest BCUT2D eigenvalue weighted by atomic mass is 16.4. The zero-order valence-corrected chi connectivity index (χ0v) is 24.4. The molecule has 3 aromatic rings. The normalized spacial score (nSPS) is 13.5. The van der Waals surface area contributed by atoms with E-state index >= 15 is 0 Å². The van der Waals surface area contributed by atoms with Gasteiger partial charge in [-0.3, -0.25) is 4.99 Å². The van der Waals surface area contributed by atoms with Gasteiger partial charge in [-0.05, 0) is 104 Å². The third kappa shape index (κ3) is 6.51. The van der Waals surface area contributed by atoms with Crippen LogP contribution in [0.25, 0.3) is 5.57 Å². The molecule has 0 aromatic heterocycles. The SMILES string of the molecule is C=C(CCC)N(Cc1ccc(C2=C(C(=O)O)CCC=C2)cc1)c1cc(C(C)=Nc2ccccc2C)cc(C)c1C. The van der Waals surface area contributed by atoms with Gasteiger partial charge in [0.15, 0.2) is 0 Å². The van der Waals surface area contributed by atoms with Crippen molar-refractivity contribution in [2.45, 2.75) is 66.8 Å². The molecule has 3 aromatic carbocycles. The van der Waals surface area contributed by atoms with Crippen LogP contribution in [0.3, 0.4) is 0 Å². The molecule has 4 heteroatoms. The third-order valence-electron chi connectivity index (χ3n) is 7.71. The zero-order valence-electron chi connectivity index (χ0n) is 24.4. The first-order chi connectivity index (χ1) is 19.2. The Balaban J connectivity index is 1.70. The number of hydrogen-bond acceptors (Lipinski definition) is 3. The van der Waals surface area contributed by atoms with E-state index in [1.54, 1.807) is 0 Å². The minimum Gasteiger partial charge on any atom is -0.478 e. The number of nitrogens with zero attached hydrogens (tertiary/aromatic N) is 2. The van der Waals surface area contributed by atoms with Crippen molar-refractivity contribution >= 4 is 28.6 Å². The van der Waals surface area contributed by atoms with Gasteiger partial charge in [0, 0.05) is 29.2 Å². The van der Waals surface area contributed by atoms with Crippen LogP contribution in [0.1, 0.15) is 72.9 Å². The molecule has 0 saturated carbocycles. The van der Waals surface area contributed by atoms with Gasteiger partial charge in [-0.25, -0.2) is 4.79 Å². The number of carboxylic acids is 1. The van der Waals surface area contributed by atoms with Crippen LogP contribution in [0.15, 0.2) is 95.7 Å². The van der Waals surface area contributed by atoms with Crippen molar-refractivity contribution in [1.82, 2.24) is 0 Å². The Bertz CT molecular complexity index is 1510. The molecule has 0 heterocycles. The van der Waals surface area contributed by atoms with Crippen molar-refractivity contribution in [3.05, 3.63) is 124 Å². The number of aryl methyl sites for hydroxylation is 2. The smallest absolute Gasteiger partial charge is 0.332 e. The van der Waals surface area contributed by atoms with Crippen LogP contribution in [0.5, 0.6) is 0 Å². The summed E-state index contributed by atoms with van der Waals surface area (Å²) in [6.45, 7) is 15.8. The Kier molecular flexibility index (Phi) is 9.21. The van der Waals surface area contributed by atoms with Crippen molar-refractivity contribution in [2.75, 3.05) is 4.90 Å². The lowest BCUT2D eigenvalue weighted by atomic mass is 9.92. The van der Waals surface area contributed by atoms with Crippen LogP contribution in [0, 0.1) is 20.8 Å². The third-order valence-corrected chi connectivity index (χ3v) is 7.71. The van der Waals surface area contributed by atoms with Gasteiger partial charge in [-0.1, -0.05) is 74.5 Å². The molecule has 0 atom stereocenters. The van der Waals surface area contributed by atoms with Crippen LogP contribution in [-0.2, 0) is 11.3 Å². The number of allylic oxidation sites excluding steroid dienone is 4. The van der Waals surface area contributed by atoms with Gasteiger partial charge in [0.25, 0.3) is 0 Å². The van der Waals surface area contributed by atoms with Gasteiger partial charge in [0.2, 0.25) is 0 Å². The Labute approximate surface area is 239 Å². The lowest BCUT2D eigenvalue weighted by Gasteiger charge is -2.30. The van der Waals surface area contributed by atoms with E-state index in [0.29, 0.717) is 18.5 Å². The number of hydrogen-bond donors (Lipinski definition) is 1. The van der Waals surface area contributed by atoms with Crippen molar-refractivity contribution in [1.29, 1.82) is 0 Å². The molecule has 0 unspecified atom stereocenters. The molecule has 1 N–H and O–H groups in total. The fourth-order valence-electron chi connectivity index (χ4n) is 5.18. The summed E-state index contributed by atoms with van der Waals surface area (Å²) in [5, 5.41) is 9.67. The number of benzene rings is 3.